The number of fused-ring (bicyclic) bond motifs is 2. The Kier molecular flexibility index (Phi) is 10.2. The minimum atomic E-state index is -0.408. The third kappa shape index (κ3) is 7.49. The van der Waals surface area contributed by atoms with Gasteiger partial charge < -0.3 is 24.9 Å². The van der Waals surface area contributed by atoms with Gasteiger partial charge in [0.1, 0.15) is 0 Å². The SMILES string of the molecule is CCc1cc(CC(CC(=O)N2CCC(N3CCc4ccccc4NC3=O)CC2)C(=O)N2CCC(C3CCN(C)CC3)CC2)cc2cn[nH]c12. The largest absolute Gasteiger partial charge is 0.343 e. The van der Waals surface area contributed by atoms with Crippen LogP contribution < -0.4 is 5.32 Å². The molecule has 0 aliphatic carbocycles. The molecule has 2 N–H and O–H groups in total. The molecule has 0 bridgehead atoms. The van der Waals surface area contributed by atoms with Gasteiger partial charge in [-0.1, -0.05) is 31.2 Å². The number of nitrogens with one attached hydrogen (secondary N) is 2. The Hall–Kier alpha value is -3.92. The van der Waals surface area contributed by atoms with Gasteiger partial charge in [-0.2, -0.15) is 5.10 Å². The molecule has 1 atom stereocenters. The van der Waals surface area contributed by atoms with Crippen molar-refractivity contribution < 1.29 is 14.4 Å². The molecule has 1 unspecified atom stereocenters. The molecular weight excluding hydrogens is 614 g/mol. The molecular formula is C39H53N7O3. The fraction of sp³-hybridized carbons (Fsp3) is 0.590. The van der Waals surface area contributed by atoms with Crippen LogP contribution in [0.5, 0.6) is 0 Å². The highest BCUT2D eigenvalue weighted by Gasteiger charge is 2.36. The molecule has 2 aromatic carbocycles. The number of piperidine rings is 3. The van der Waals surface area contributed by atoms with Crippen molar-refractivity contribution in [2.24, 2.45) is 17.8 Å². The summed E-state index contributed by atoms with van der Waals surface area (Å²) in [6.07, 6.45) is 10.4. The van der Waals surface area contributed by atoms with Crippen LogP contribution in [-0.2, 0) is 28.9 Å². The van der Waals surface area contributed by atoms with Gasteiger partial charge in [0.15, 0.2) is 0 Å². The average molecular weight is 668 g/mol. The molecule has 3 fully saturated rings. The first-order chi connectivity index (χ1) is 23.9. The highest BCUT2D eigenvalue weighted by atomic mass is 16.2. The fourth-order valence-electron chi connectivity index (χ4n) is 8.98. The molecule has 4 aliphatic heterocycles. The second-order valence-electron chi connectivity index (χ2n) is 15.0. The van der Waals surface area contributed by atoms with E-state index < -0.39 is 5.92 Å². The lowest BCUT2D eigenvalue weighted by atomic mass is 9.78. The Morgan fingerprint density at radius 2 is 1.59 bits per heavy atom. The molecule has 49 heavy (non-hydrogen) atoms. The van der Waals surface area contributed by atoms with E-state index in [9.17, 15) is 14.4 Å². The molecule has 7 rings (SSSR count). The monoisotopic (exact) mass is 667 g/mol. The number of hydrogen-bond donors (Lipinski definition) is 2. The van der Waals surface area contributed by atoms with Crippen molar-refractivity contribution >= 4 is 34.4 Å². The number of rotatable bonds is 8. The Labute approximate surface area is 290 Å². The predicted octanol–water partition coefficient (Wildman–Crippen LogP) is 5.34. The van der Waals surface area contributed by atoms with Gasteiger partial charge in [-0.25, -0.2) is 4.79 Å². The lowest BCUT2D eigenvalue weighted by Gasteiger charge is -2.40. The Morgan fingerprint density at radius 3 is 2.33 bits per heavy atom. The summed E-state index contributed by atoms with van der Waals surface area (Å²) in [6.45, 7) is 7.93. The fourth-order valence-corrected chi connectivity index (χ4v) is 8.98. The topological polar surface area (TPSA) is 105 Å². The zero-order chi connectivity index (χ0) is 33.9. The van der Waals surface area contributed by atoms with E-state index in [2.05, 4.69) is 57.5 Å². The summed E-state index contributed by atoms with van der Waals surface area (Å²) >= 11 is 0. The number of aromatic nitrogens is 2. The lowest BCUT2D eigenvalue weighted by Crippen LogP contribution is -2.50. The van der Waals surface area contributed by atoms with E-state index in [-0.39, 0.29) is 30.3 Å². The van der Waals surface area contributed by atoms with Crippen molar-refractivity contribution in [2.45, 2.75) is 77.2 Å². The summed E-state index contributed by atoms with van der Waals surface area (Å²) in [7, 11) is 2.21. The van der Waals surface area contributed by atoms with Crippen LogP contribution in [0.2, 0.25) is 0 Å². The van der Waals surface area contributed by atoms with Crippen LogP contribution in [0.3, 0.4) is 0 Å². The standard InChI is InChI=1S/C39H53N7O3/c1-3-28-22-27(24-33-26-40-42-37(28)33)23-32(38(48)45-17-10-30(11-18-45)29-8-15-43(2)16-9-29)25-36(47)44-19-13-34(14-20-44)46-21-12-31-6-4-5-7-35(31)41-39(46)49/h4-7,22,24,26,29-30,32,34H,3,8-21,23,25H2,1-2H3,(H,40,42)(H,41,49). The van der Waals surface area contributed by atoms with E-state index in [0.29, 0.717) is 32.0 Å². The number of aromatic amines is 1. The van der Waals surface area contributed by atoms with Gasteiger partial charge in [0.25, 0.3) is 0 Å². The molecule has 3 aromatic rings. The molecule has 4 amide bonds. The van der Waals surface area contributed by atoms with E-state index >= 15 is 0 Å². The van der Waals surface area contributed by atoms with Crippen LogP contribution in [0, 0.1) is 17.8 Å². The van der Waals surface area contributed by atoms with Crippen LogP contribution >= 0.6 is 0 Å². The van der Waals surface area contributed by atoms with Crippen LogP contribution in [0.25, 0.3) is 10.9 Å². The molecule has 10 nitrogen and oxygen atoms in total. The minimum absolute atomic E-state index is 0.0471. The normalized spacial score (nSPS) is 21.0. The number of nitrogens with zero attached hydrogens (tertiary/aromatic N) is 5. The first kappa shape index (κ1) is 33.6. The Bertz CT molecular complexity index is 1630. The zero-order valence-electron chi connectivity index (χ0n) is 29.3. The van der Waals surface area contributed by atoms with Crippen LogP contribution in [-0.4, -0.2) is 107 Å². The van der Waals surface area contributed by atoms with Crippen molar-refractivity contribution in [3.63, 3.8) is 0 Å². The number of likely N-dealkylation sites (tertiary alicyclic amines) is 3. The highest BCUT2D eigenvalue weighted by Crippen LogP contribution is 2.34. The summed E-state index contributed by atoms with van der Waals surface area (Å²) in [4.78, 5) is 49.8. The summed E-state index contributed by atoms with van der Waals surface area (Å²) in [5.41, 5.74) is 5.37. The number of para-hydroxylation sites is 1. The van der Waals surface area contributed by atoms with Gasteiger partial charge >= 0.3 is 6.03 Å². The number of aryl methyl sites for hydroxylation is 1. The molecule has 0 saturated carbocycles. The number of urea groups is 1. The second kappa shape index (κ2) is 14.9. The van der Waals surface area contributed by atoms with Gasteiger partial charge in [-0.3, -0.25) is 14.7 Å². The number of hydrogen-bond acceptors (Lipinski definition) is 5. The summed E-state index contributed by atoms with van der Waals surface area (Å²) in [5.74, 6) is 1.21. The van der Waals surface area contributed by atoms with Crippen molar-refractivity contribution in [3.8, 4) is 0 Å². The average Bonchev–Trinajstić information content (AvgIpc) is 3.54. The summed E-state index contributed by atoms with van der Waals surface area (Å²) in [5, 5.41) is 11.5. The molecule has 0 radical (unpaired) electrons. The predicted molar refractivity (Wildman–Crippen MR) is 192 cm³/mol. The Morgan fingerprint density at radius 1 is 0.898 bits per heavy atom. The maximum absolute atomic E-state index is 14.3. The molecule has 0 spiro atoms. The lowest BCUT2D eigenvalue weighted by molar-refractivity contribution is -0.143. The zero-order valence-corrected chi connectivity index (χ0v) is 29.3. The number of anilines is 1. The van der Waals surface area contributed by atoms with Crippen molar-refractivity contribution in [1.82, 2.24) is 29.8 Å². The third-order valence-electron chi connectivity index (χ3n) is 12.0. The maximum Gasteiger partial charge on any atom is 0.322 e. The molecule has 4 aliphatic rings. The van der Waals surface area contributed by atoms with Gasteiger partial charge in [0.2, 0.25) is 11.8 Å². The number of amides is 4. The van der Waals surface area contributed by atoms with Crippen molar-refractivity contribution in [3.05, 3.63) is 59.3 Å². The Balaban J connectivity index is 1.01. The minimum Gasteiger partial charge on any atom is -0.343 e. The van der Waals surface area contributed by atoms with Crippen LogP contribution in [0.1, 0.15) is 68.6 Å². The summed E-state index contributed by atoms with van der Waals surface area (Å²) in [6, 6.07) is 12.4. The number of benzene rings is 2. The first-order valence-corrected chi connectivity index (χ1v) is 18.7. The first-order valence-electron chi connectivity index (χ1n) is 18.7. The van der Waals surface area contributed by atoms with Crippen LogP contribution in [0.15, 0.2) is 42.6 Å². The maximum atomic E-state index is 14.3. The van der Waals surface area contributed by atoms with E-state index in [1.54, 1.807) is 0 Å². The van der Waals surface area contributed by atoms with Crippen molar-refractivity contribution in [2.75, 3.05) is 58.2 Å². The van der Waals surface area contributed by atoms with Gasteiger partial charge in [-0.05, 0) is 119 Å². The third-order valence-corrected chi connectivity index (χ3v) is 12.0. The van der Waals surface area contributed by atoms with Crippen molar-refractivity contribution in [1.29, 1.82) is 0 Å². The number of H-pyrrole nitrogens is 1. The van der Waals surface area contributed by atoms with E-state index in [1.165, 1.54) is 31.5 Å². The smallest absolute Gasteiger partial charge is 0.322 e. The molecule has 262 valence electrons. The van der Waals surface area contributed by atoms with Gasteiger partial charge in [0, 0.05) is 56.3 Å². The molecule has 10 heteroatoms. The summed E-state index contributed by atoms with van der Waals surface area (Å²) < 4.78 is 0. The molecule has 3 saturated heterocycles. The molecule has 1 aromatic heterocycles. The molecule has 5 heterocycles. The van der Waals surface area contributed by atoms with E-state index in [0.717, 1.165) is 85.2 Å². The highest BCUT2D eigenvalue weighted by molar-refractivity contribution is 5.91. The number of carbonyl (C=O) groups excluding carboxylic acids is 3. The second-order valence-corrected chi connectivity index (χ2v) is 15.0. The van der Waals surface area contributed by atoms with E-state index in [1.807, 2.05) is 34.2 Å². The van der Waals surface area contributed by atoms with E-state index in [4.69, 9.17) is 0 Å². The van der Waals surface area contributed by atoms with Gasteiger partial charge in [0.05, 0.1) is 17.6 Å². The quantitative estimate of drug-likeness (QED) is 0.338. The van der Waals surface area contributed by atoms with Gasteiger partial charge in [-0.15, -0.1) is 0 Å². The van der Waals surface area contributed by atoms with Crippen LogP contribution in [0.4, 0.5) is 10.5 Å². The number of carbonyl (C=O) groups is 3.